The summed E-state index contributed by atoms with van der Waals surface area (Å²) < 4.78 is 13.7. The van der Waals surface area contributed by atoms with Gasteiger partial charge in [0.25, 0.3) is 0 Å². The highest BCUT2D eigenvalue weighted by molar-refractivity contribution is 6.30. The minimum absolute atomic E-state index is 0.125. The van der Waals surface area contributed by atoms with Crippen LogP contribution in [0.25, 0.3) is 0 Å². The van der Waals surface area contributed by atoms with E-state index in [4.69, 9.17) is 11.6 Å². The SMILES string of the molecule is CC(C)NC(C)C(C)c1ccc(Cl)cc1F. The fraction of sp³-hybridized carbons (Fsp3) is 0.538. The van der Waals surface area contributed by atoms with Gasteiger partial charge in [0.05, 0.1) is 0 Å². The third-order valence-corrected chi connectivity index (χ3v) is 3.03. The molecule has 16 heavy (non-hydrogen) atoms. The molecular weight excluding hydrogens is 225 g/mol. The molecule has 1 aromatic rings. The number of rotatable bonds is 4. The highest BCUT2D eigenvalue weighted by Crippen LogP contribution is 2.24. The van der Waals surface area contributed by atoms with E-state index < -0.39 is 0 Å². The molecule has 0 aliphatic carbocycles. The molecule has 0 saturated carbocycles. The maximum absolute atomic E-state index is 13.7. The van der Waals surface area contributed by atoms with E-state index in [0.29, 0.717) is 16.6 Å². The molecule has 0 heterocycles. The maximum atomic E-state index is 13.7. The number of benzene rings is 1. The first kappa shape index (κ1) is 13.5. The Labute approximate surface area is 102 Å². The summed E-state index contributed by atoms with van der Waals surface area (Å²) >= 11 is 5.73. The van der Waals surface area contributed by atoms with Gasteiger partial charge < -0.3 is 5.32 Å². The molecule has 1 aromatic carbocycles. The van der Waals surface area contributed by atoms with E-state index in [1.807, 2.05) is 6.92 Å². The zero-order valence-corrected chi connectivity index (χ0v) is 11.0. The van der Waals surface area contributed by atoms with Gasteiger partial charge in [-0.15, -0.1) is 0 Å². The molecule has 0 fully saturated rings. The van der Waals surface area contributed by atoms with E-state index in [1.165, 1.54) is 6.07 Å². The zero-order chi connectivity index (χ0) is 12.3. The largest absolute Gasteiger partial charge is 0.311 e. The van der Waals surface area contributed by atoms with Crippen LogP contribution in [-0.4, -0.2) is 12.1 Å². The molecule has 0 aromatic heterocycles. The maximum Gasteiger partial charge on any atom is 0.128 e. The van der Waals surface area contributed by atoms with Crippen molar-refractivity contribution in [3.63, 3.8) is 0 Å². The van der Waals surface area contributed by atoms with Gasteiger partial charge in [-0.2, -0.15) is 0 Å². The minimum Gasteiger partial charge on any atom is -0.311 e. The highest BCUT2D eigenvalue weighted by Gasteiger charge is 2.18. The van der Waals surface area contributed by atoms with Gasteiger partial charge in [-0.05, 0) is 30.5 Å². The first-order valence-corrected chi connectivity index (χ1v) is 6.00. The minimum atomic E-state index is -0.225. The Morgan fingerprint density at radius 1 is 1.19 bits per heavy atom. The van der Waals surface area contributed by atoms with E-state index in [0.717, 1.165) is 0 Å². The van der Waals surface area contributed by atoms with Crippen LogP contribution in [0.4, 0.5) is 4.39 Å². The lowest BCUT2D eigenvalue weighted by atomic mass is 9.93. The van der Waals surface area contributed by atoms with Gasteiger partial charge in [-0.3, -0.25) is 0 Å². The molecule has 1 nitrogen and oxygen atoms in total. The first-order valence-electron chi connectivity index (χ1n) is 5.62. The Morgan fingerprint density at radius 3 is 2.31 bits per heavy atom. The average Bonchev–Trinajstić information content (AvgIpc) is 2.15. The van der Waals surface area contributed by atoms with Crippen molar-refractivity contribution in [2.45, 2.75) is 45.7 Å². The van der Waals surface area contributed by atoms with Crippen molar-refractivity contribution in [3.05, 3.63) is 34.6 Å². The summed E-state index contributed by atoms with van der Waals surface area (Å²) in [4.78, 5) is 0. The third kappa shape index (κ3) is 3.46. The summed E-state index contributed by atoms with van der Waals surface area (Å²) in [6.07, 6.45) is 0. The lowest BCUT2D eigenvalue weighted by Crippen LogP contribution is -2.36. The molecule has 0 amide bonds. The molecule has 1 N–H and O–H groups in total. The molecule has 0 bridgehead atoms. The fourth-order valence-corrected chi connectivity index (χ4v) is 1.97. The van der Waals surface area contributed by atoms with Crippen LogP contribution in [0.15, 0.2) is 18.2 Å². The van der Waals surface area contributed by atoms with Gasteiger partial charge in [0.2, 0.25) is 0 Å². The molecule has 0 radical (unpaired) electrons. The van der Waals surface area contributed by atoms with E-state index >= 15 is 0 Å². The van der Waals surface area contributed by atoms with Crippen molar-refractivity contribution in [3.8, 4) is 0 Å². The van der Waals surface area contributed by atoms with Crippen molar-refractivity contribution >= 4 is 11.6 Å². The Balaban J connectivity index is 2.83. The normalized spacial score (nSPS) is 15.2. The van der Waals surface area contributed by atoms with Crippen molar-refractivity contribution in [2.24, 2.45) is 0 Å². The van der Waals surface area contributed by atoms with Crippen LogP contribution in [0, 0.1) is 5.82 Å². The molecule has 3 heteroatoms. The van der Waals surface area contributed by atoms with Crippen molar-refractivity contribution in [1.82, 2.24) is 5.32 Å². The molecule has 2 unspecified atom stereocenters. The Morgan fingerprint density at radius 2 is 1.81 bits per heavy atom. The second-order valence-electron chi connectivity index (χ2n) is 4.56. The van der Waals surface area contributed by atoms with E-state index in [1.54, 1.807) is 12.1 Å². The predicted molar refractivity (Wildman–Crippen MR) is 67.6 cm³/mol. The van der Waals surface area contributed by atoms with Gasteiger partial charge in [0.1, 0.15) is 5.82 Å². The monoisotopic (exact) mass is 243 g/mol. The summed E-state index contributed by atoms with van der Waals surface area (Å²) in [7, 11) is 0. The van der Waals surface area contributed by atoms with Crippen LogP contribution >= 0.6 is 11.6 Å². The summed E-state index contributed by atoms with van der Waals surface area (Å²) in [5.41, 5.74) is 0.713. The van der Waals surface area contributed by atoms with Gasteiger partial charge in [-0.1, -0.05) is 38.4 Å². The van der Waals surface area contributed by atoms with Crippen molar-refractivity contribution in [2.75, 3.05) is 0 Å². The van der Waals surface area contributed by atoms with Crippen molar-refractivity contribution in [1.29, 1.82) is 0 Å². The van der Waals surface area contributed by atoms with Crippen LogP contribution in [0.3, 0.4) is 0 Å². The van der Waals surface area contributed by atoms with Gasteiger partial charge >= 0.3 is 0 Å². The zero-order valence-electron chi connectivity index (χ0n) is 10.2. The highest BCUT2D eigenvalue weighted by atomic mass is 35.5. The van der Waals surface area contributed by atoms with Crippen LogP contribution in [0.2, 0.25) is 5.02 Å². The van der Waals surface area contributed by atoms with Gasteiger partial charge in [0, 0.05) is 17.1 Å². The summed E-state index contributed by atoms with van der Waals surface area (Å²) in [6.45, 7) is 8.26. The Bertz CT molecular complexity index is 352. The van der Waals surface area contributed by atoms with Gasteiger partial charge in [-0.25, -0.2) is 4.39 Å². The summed E-state index contributed by atoms with van der Waals surface area (Å²) in [5.74, 6) is -0.0999. The molecule has 0 spiro atoms. The van der Waals surface area contributed by atoms with Crippen LogP contribution in [-0.2, 0) is 0 Å². The summed E-state index contributed by atoms with van der Waals surface area (Å²) in [5, 5.41) is 3.83. The van der Waals surface area contributed by atoms with E-state index in [-0.39, 0.29) is 17.8 Å². The Kier molecular flexibility index (Phi) is 4.75. The second kappa shape index (κ2) is 5.65. The predicted octanol–water partition coefficient (Wildman–Crippen LogP) is 3.97. The lowest BCUT2D eigenvalue weighted by Gasteiger charge is -2.24. The molecule has 1 rings (SSSR count). The molecule has 0 saturated heterocycles. The van der Waals surface area contributed by atoms with Gasteiger partial charge in [0.15, 0.2) is 0 Å². The Hall–Kier alpha value is -0.600. The third-order valence-electron chi connectivity index (χ3n) is 2.80. The van der Waals surface area contributed by atoms with Crippen LogP contribution < -0.4 is 5.32 Å². The average molecular weight is 244 g/mol. The van der Waals surface area contributed by atoms with E-state index in [9.17, 15) is 4.39 Å². The fourth-order valence-electron chi connectivity index (χ4n) is 1.81. The summed E-state index contributed by atoms with van der Waals surface area (Å²) in [6, 6.07) is 5.50. The lowest BCUT2D eigenvalue weighted by molar-refractivity contribution is 0.429. The number of hydrogen-bond acceptors (Lipinski definition) is 1. The first-order chi connectivity index (χ1) is 7.41. The van der Waals surface area contributed by atoms with E-state index in [2.05, 4.69) is 26.1 Å². The smallest absolute Gasteiger partial charge is 0.128 e. The molecular formula is C13H19ClFN. The number of nitrogens with one attached hydrogen (secondary N) is 1. The number of hydrogen-bond donors (Lipinski definition) is 1. The van der Waals surface area contributed by atoms with Crippen LogP contribution in [0.1, 0.15) is 39.2 Å². The molecule has 2 atom stereocenters. The molecule has 90 valence electrons. The second-order valence-corrected chi connectivity index (χ2v) is 5.00. The van der Waals surface area contributed by atoms with Crippen LogP contribution in [0.5, 0.6) is 0 Å². The van der Waals surface area contributed by atoms with Crippen molar-refractivity contribution < 1.29 is 4.39 Å². The topological polar surface area (TPSA) is 12.0 Å². The quantitative estimate of drug-likeness (QED) is 0.844. The molecule has 0 aliphatic heterocycles. The standard InChI is InChI=1S/C13H19ClFN/c1-8(2)16-10(4)9(3)12-6-5-11(14)7-13(12)15/h5-10,16H,1-4H3. The number of halogens is 2. The molecule has 0 aliphatic rings.